The number of hydrogen-bond acceptors (Lipinski definition) is 4. The molecule has 0 bridgehead atoms. The molecule has 0 unspecified atom stereocenters. The number of nitrogens with one attached hydrogen (secondary N) is 2. The van der Waals surface area contributed by atoms with Crippen LogP contribution < -0.4 is 14.8 Å². The van der Waals surface area contributed by atoms with Crippen LogP contribution >= 0.6 is 0 Å². The maximum atomic E-state index is 12.4. The molecule has 0 aromatic heterocycles. The number of hydrogen-bond donors (Lipinski definition) is 2. The number of aryl methyl sites for hydroxylation is 2. The zero-order chi connectivity index (χ0) is 19.2. The van der Waals surface area contributed by atoms with Crippen LogP contribution in [-0.4, -0.2) is 34.0 Å². The van der Waals surface area contributed by atoms with Gasteiger partial charge in [-0.2, -0.15) is 0 Å². The van der Waals surface area contributed by atoms with Gasteiger partial charge in [-0.25, -0.2) is 13.1 Å². The number of sulfonamides is 1. The summed E-state index contributed by atoms with van der Waals surface area (Å²) < 4.78 is 32.2. The lowest BCUT2D eigenvalue weighted by atomic mass is 10.1. The lowest BCUT2D eigenvalue weighted by molar-refractivity contribution is 0.0946. The Labute approximate surface area is 154 Å². The van der Waals surface area contributed by atoms with Crippen LogP contribution in [0.4, 0.5) is 0 Å². The highest BCUT2D eigenvalue weighted by Gasteiger charge is 2.17. The van der Waals surface area contributed by atoms with Crippen molar-refractivity contribution in [3.63, 3.8) is 0 Å². The maximum absolute atomic E-state index is 12.4. The molecule has 2 rings (SSSR count). The van der Waals surface area contributed by atoms with E-state index < -0.39 is 10.0 Å². The van der Waals surface area contributed by atoms with E-state index >= 15 is 0 Å². The summed E-state index contributed by atoms with van der Waals surface area (Å²) in [5.41, 5.74) is 2.19. The monoisotopic (exact) mass is 376 g/mol. The first-order valence-corrected chi connectivity index (χ1v) is 9.90. The molecule has 0 radical (unpaired) electrons. The molecule has 140 valence electrons. The highest BCUT2D eigenvalue weighted by atomic mass is 32.2. The predicted molar refractivity (Wildman–Crippen MR) is 101 cm³/mol. The number of carbonyl (C=O) groups is 1. The molecule has 6 nitrogen and oxygen atoms in total. The van der Waals surface area contributed by atoms with Crippen molar-refractivity contribution in [2.45, 2.75) is 25.7 Å². The summed E-state index contributed by atoms with van der Waals surface area (Å²) in [6, 6.07) is 12.2. The zero-order valence-corrected chi connectivity index (χ0v) is 16.0. The average molecular weight is 376 g/mol. The number of benzene rings is 2. The fourth-order valence-electron chi connectivity index (χ4n) is 2.35. The number of ether oxygens (including phenoxy) is 1. The Balaban J connectivity index is 1.97. The van der Waals surface area contributed by atoms with Crippen LogP contribution in [0, 0.1) is 13.8 Å². The molecule has 0 aliphatic carbocycles. The van der Waals surface area contributed by atoms with E-state index in [1.807, 2.05) is 31.2 Å². The Morgan fingerprint density at radius 1 is 1.08 bits per heavy atom. The van der Waals surface area contributed by atoms with Gasteiger partial charge in [-0.15, -0.1) is 0 Å². The summed E-state index contributed by atoms with van der Waals surface area (Å²) >= 11 is 0. The molecule has 0 atom stereocenters. The van der Waals surface area contributed by atoms with Crippen LogP contribution in [0.1, 0.15) is 28.4 Å². The molecular formula is C19H24N2O4S. The largest absolute Gasteiger partial charge is 0.492 e. The summed E-state index contributed by atoms with van der Waals surface area (Å²) in [6.07, 6.45) is 0. The molecule has 2 N–H and O–H groups in total. The lowest BCUT2D eigenvalue weighted by Crippen LogP contribution is -2.29. The van der Waals surface area contributed by atoms with Crippen LogP contribution in [0.15, 0.2) is 47.4 Å². The fraction of sp³-hybridized carbons (Fsp3) is 0.316. The molecule has 0 saturated carbocycles. The highest BCUT2D eigenvalue weighted by molar-refractivity contribution is 7.89. The van der Waals surface area contributed by atoms with E-state index in [1.54, 1.807) is 19.9 Å². The Bertz CT molecular complexity index is 862. The molecule has 0 heterocycles. The summed E-state index contributed by atoms with van der Waals surface area (Å²) in [5, 5.41) is 2.75. The van der Waals surface area contributed by atoms with Crippen molar-refractivity contribution >= 4 is 15.9 Å². The van der Waals surface area contributed by atoms with Crippen molar-refractivity contribution in [2.24, 2.45) is 0 Å². The van der Waals surface area contributed by atoms with Crippen LogP contribution in [-0.2, 0) is 10.0 Å². The van der Waals surface area contributed by atoms with Crippen molar-refractivity contribution in [3.05, 3.63) is 59.2 Å². The Morgan fingerprint density at radius 3 is 2.42 bits per heavy atom. The number of rotatable bonds is 8. The van der Waals surface area contributed by atoms with Crippen molar-refractivity contribution in [3.8, 4) is 5.75 Å². The first kappa shape index (κ1) is 19.9. The predicted octanol–water partition coefficient (Wildman–Crippen LogP) is 2.41. The van der Waals surface area contributed by atoms with Crippen LogP contribution in [0.2, 0.25) is 0 Å². The average Bonchev–Trinajstić information content (AvgIpc) is 2.60. The summed E-state index contributed by atoms with van der Waals surface area (Å²) in [7, 11) is -3.60. The van der Waals surface area contributed by atoms with Crippen molar-refractivity contribution in [1.82, 2.24) is 10.0 Å². The minimum atomic E-state index is -3.60. The van der Waals surface area contributed by atoms with Crippen LogP contribution in [0.5, 0.6) is 5.75 Å². The van der Waals surface area contributed by atoms with E-state index in [2.05, 4.69) is 10.0 Å². The van der Waals surface area contributed by atoms with Crippen molar-refractivity contribution < 1.29 is 17.9 Å². The molecule has 0 spiro atoms. The van der Waals surface area contributed by atoms with Gasteiger partial charge in [-0.3, -0.25) is 4.79 Å². The van der Waals surface area contributed by atoms with Gasteiger partial charge in [0.1, 0.15) is 12.4 Å². The maximum Gasteiger partial charge on any atom is 0.251 e. The molecule has 0 aliphatic rings. The van der Waals surface area contributed by atoms with Gasteiger partial charge >= 0.3 is 0 Å². The molecule has 0 saturated heterocycles. The third-order valence-electron chi connectivity index (χ3n) is 3.78. The van der Waals surface area contributed by atoms with Gasteiger partial charge < -0.3 is 10.1 Å². The molecule has 0 fully saturated rings. The fourth-order valence-corrected chi connectivity index (χ4v) is 3.42. The molecule has 7 heteroatoms. The topological polar surface area (TPSA) is 84.5 Å². The molecule has 0 aliphatic heterocycles. The first-order chi connectivity index (χ1) is 12.3. The highest BCUT2D eigenvalue weighted by Crippen LogP contribution is 2.16. The molecule has 26 heavy (non-hydrogen) atoms. The van der Waals surface area contributed by atoms with E-state index in [4.69, 9.17) is 4.74 Å². The summed E-state index contributed by atoms with van der Waals surface area (Å²) in [5.74, 6) is 0.406. The lowest BCUT2D eigenvalue weighted by Gasteiger charge is -2.11. The minimum absolute atomic E-state index is 0.0750. The summed E-state index contributed by atoms with van der Waals surface area (Å²) in [4.78, 5) is 12.5. The second kappa shape index (κ2) is 8.82. The smallest absolute Gasteiger partial charge is 0.251 e. The molecular weight excluding hydrogens is 352 g/mol. The van der Waals surface area contributed by atoms with Gasteiger partial charge in [0.05, 0.1) is 11.4 Å². The van der Waals surface area contributed by atoms with E-state index in [9.17, 15) is 13.2 Å². The Morgan fingerprint density at radius 2 is 1.77 bits per heavy atom. The standard InChI is InChI=1S/C19H24N2O4S/c1-4-21-26(23,24)17-10-7-15(3)18(13-17)19(22)20-11-12-25-16-8-5-14(2)6-9-16/h5-10,13,21H,4,11-12H2,1-3H3,(H,20,22). The molecule has 2 aromatic carbocycles. The minimum Gasteiger partial charge on any atom is -0.492 e. The van der Waals surface area contributed by atoms with E-state index in [-0.39, 0.29) is 17.3 Å². The Kier molecular flexibility index (Phi) is 6.76. The van der Waals surface area contributed by atoms with E-state index in [0.717, 1.165) is 11.3 Å². The van der Waals surface area contributed by atoms with Crippen molar-refractivity contribution in [2.75, 3.05) is 19.7 Å². The van der Waals surface area contributed by atoms with Gasteiger partial charge in [0.25, 0.3) is 5.91 Å². The molecule has 2 aromatic rings. The van der Waals surface area contributed by atoms with Crippen LogP contribution in [0.3, 0.4) is 0 Å². The van der Waals surface area contributed by atoms with Gasteiger partial charge in [0.2, 0.25) is 10.0 Å². The quantitative estimate of drug-likeness (QED) is 0.693. The summed E-state index contributed by atoms with van der Waals surface area (Å²) in [6.45, 7) is 6.39. The molecule has 1 amide bonds. The number of carbonyl (C=O) groups excluding carboxylic acids is 1. The SMILES string of the molecule is CCNS(=O)(=O)c1ccc(C)c(C(=O)NCCOc2ccc(C)cc2)c1. The van der Waals surface area contributed by atoms with E-state index in [0.29, 0.717) is 24.3 Å². The van der Waals surface area contributed by atoms with E-state index in [1.165, 1.54) is 12.1 Å². The third kappa shape index (κ3) is 5.31. The number of amides is 1. The Hall–Kier alpha value is -2.38. The third-order valence-corrected chi connectivity index (χ3v) is 5.32. The van der Waals surface area contributed by atoms with Gasteiger partial charge in [-0.1, -0.05) is 30.7 Å². The second-order valence-electron chi connectivity index (χ2n) is 5.90. The normalized spacial score (nSPS) is 11.2. The van der Waals surface area contributed by atoms with Gasteiger partial charge in [0.15, 0.2) is 0 Å². The second-order valence-corrected chi connectivity index (χ2v) is 7.66. The van der Waals surface area contributed by atoms with Gasteiger partial charge in [0, 0.05) is 12.1 Å². The van der Waals surface area contributed by atoms with Crippen LogP contribution in [0.25, 0.3) is 0 Å². The van der Waals surface area contributed by atoms with Gasteiger partial charge in [-0.05, 0) is 43.7 Å². The first-order valence-electron chi connectivity index (χ1n) is 8.41. The van der Waals surface area contributed by atoms with Crippen molar-refractivity contribution in [1.29, 1.82) is 0 Å². The zero-order valence-electron chi connectivity index (χ0n) is 15.2.